The van der Waals surface area contributed by atoms with Gasteiger partial charge in [0.1, 0.15) is 5.75 Å². The average molecular weight is 362 g/mol. The van der Waals surface area contributed by atoms with Crippen molar-refractivity contribution < 1.29 is 13.5 Å². The maximum absolute atomic E-state index is 13.7. The van der Waals surface area contributed by atoms with Gasteiger partial charge >= 0.3 is 0 Å². The van der Waals surface area contributed by atoms with Crippen LogP contribution in [0.15, 0.2) is 40.9 Å². The highest BCUT2D eigenvalue weighted by Crippen LogP contribution is 2.34. The molecule has 0 aliphatic rings. The fraction of sp³-hybridized carbons (Fsp3) is 0.200. The molecule has 1 nitrogen and oxygen atoms in total. The highest BCUT2D eigenvalue weighted by Gasteiger charge is 2.17. The molecular weight excluding hydrogens is 350 g/mol. The summed E-state index contributed by atoms with van der Waals surface area (Å²) >= 11 is 9.66. The summed E-state index contributed by atoms with van der Waals surface area (Å²) in [6.07, 6.45) is 0.184. The molecule has 0 bridgehead atoms. The molecule has 2 aromatic carbocycles. The van der Waals surface area contributed by atoms with Crippen molar-refractivity contribution in [2.45, 2.75) is 11.8 Å². The van der Waals surface area contributed by atoms with Crippen LogP contribution in [-0.4, -0.2) is 7.11 Å². The quantitative estimate of drug-likeness (QED) is 0.675. The number of hydrogen-bond acceptors (Lipinski definition) is 1. The number of alkyl halides is 1. The molecule has 20 heavy (non-hydrogen) atoms. The predicted octanol–water partition coefficient (Wildman–Crippen LogP) is 5.26. The van der Waals surface area contributed by atoms with Crippen molar-refractivity contribution >= 4 is 27.5 Å². The number of halogens is 4. The molecule has 1 unspecified atom stereocenters. The van der Waals surface area contributed by atoms with Crippen LogP contribution in [0.3, 0.4) is 0 Å². The zero-order valence-corrected chi connectivity index (χ0v) is 13.0. The summed E-state index contributed by atoms with van der Waals surface area (Å²) in [5, 5.41) is -0.505. The first kappa shape index (κ1) is 15.3. The Hall–Kier alpha value is -1.13. The van der Waals surface area contributed by atoms with Gasteiger partial charge in [0.25, 0.3) is 0 Å². The second-order valence-corrected chi connectivity index (χ2v) is 5.71. The van der Waals surface area contributed by atoms with E-state index in [0.29, 0.717) is 5.75 Å². The molecule has 0 saturated carbocycles. The van der Waals surface area contributed by atoms with Gasteiger partial charge in [-0.2, -0.15) is 0 Å². The number of rotatable bonds is 4. The zero-order chi connectivity index (χ0) is 14.7. The van der Waals surface area contributed by atoms with Crippen LogP contribution in [-0.2, 0) is 6.42 Å². The fourth-order valence-corrected chi connectivity index (χ4v) is 2.64. The van der Waals surface area contributed by atoms with E-state index in [-0.39, 0.29) is 12.0 Å². The predicted molar refractivity (Wildman–Crippen MR) is 79.4 cm³/mol. The summed E-state index contributed by atoms with van der Waals surface area (Å²) in [7, 11) is 1.54. The molecule has 106 valence electrons. The van der Waals surface area contributed by atoms with Gasteiger partial charge in [-0.05, 0) is 30.2 Å². The Bertz CT molecular complexity index is 619. The van der Waals surface area contributed by atoms with Crippen LogP contribution in [0, 0.1) is 11.6 Å². The molecule has 0 fully saturated rings. The monoisotopic (exact) mass is 360 g/mol. The van der Waals surface area contributed by atoms with Crippen molar-refractivity contribution in [3.63, 3.8) is 0 Å². The van der Waals surface area contributed by atoms with E-state index in [0.717, 1.165) is 16.1 Å². The van der Waals surface area contributed by atoms with Gasteiger partial charge < -0.3 is 4.74 Å². The highest BCUT2D eigenvalue weighted by molar-refractivity contribution is 9.10. The van der Waals surface area contributed by atoms with Crippen molar-refractivity contribution in [2.24, 2.45) is 0 Å². The summed E-state index contributed by atoms with van der Waals surface area (Å²) in [6, 6.07) is 9.50. The number of hydrogen-bond donors (Lipinski definition) is 0. The summed E-state index contributed by atoms with van der Waals surface area (Å²) in [5.74, 6) is -1.11. The lowest BCUT2D eigenvalue weighted by atomic mass is 10.0. The summed E-state index contributed by atoms with van der Waals surface area (Å²) in [6.45, 7) is 0. The normalized spacial score (nSPS) is 12.2. The standard InChI is InChI=1S/C15H12BrClF2O/c1-20-14-8-10(16)5-6-11(14)12(17)7-9-3-2-4-13(18)15(9)19/h2-6,8,12H,7H2,1H3. The third-order valence-electron chi connectivity index (χ3n) is 2.96. The van der Waals surface area contributed by atoms with Crippen LogP contribution < -0.4 is 4.74 Å². The Balaban J connectivity index is 2.28. The summed E-state index contributed by atoms with van der Waals surface area (Å²) in [4.78, 5) is 0. The SMILES string of the molecule is COc1cc(Br)ccc1C(Cl)Cc1cccc(F)c1F. The molecular formula is C15H12BrClF2O. The molecule has 1 atom stereocenters. The molecule has 0 aromatic heterocycles. The first-order chi connectivity index (χ1) is 9.52. The Morgan fingerprint density at radius 3 is 2.70 bits per heavy atom. The van der Waals surface area contributed by atoms with E-state index in [1.54, 1.807) is 12.1 Å². The molecule has 0 N–H and O–H groups in total. The summed E-state index contributed by atoms with van der Waals surface area (Å²) in [5.41, 5.74) is 0.982. The second-order valence-electron chi connectivity index (χ2n) is 4.27. The molecule has 0 amide bonds. The highest BCUT2D eigenvalue weighted by atomic mass is 79.9. The van der Waals surface area contributed by atoms with Crippen molar-refractivity contribution in [1.29, 1.82) is 0 Å². The smallest absolute Gasteiger partial charge is 0.162 e. The van der Waals surface area contributed by atoms with Crippen molar-refractivity contribution in [3.8, 4) is 5.75 Å². The lowest BCUT2D eigenvalue weighted by Gasteiger charge is -2.15. The van der Waals surface area contributed by atoms with Crippen molar-refractivity contribution in [1.82, 2.24) is 0 Å². The van der Waals surface area contributed by atoms with E-state index in [2.05, 4.69) is 15.9 Å². The minimum absolute atomic E-state index is 0.184. The van der Waals surface area contributed by atoms with Gasteiger partial charge in [-0.25, -0.2) is 8.78 Å². The maximum atomic E-state index is 13.7. The topological polar surface area (TPSA) is 9.23 Å². The van der Waals surface area contributed by atoms with Gasteiger partial charge in [-0.1, -0.05) is 34.1 Å². The molecule has 0 aliphatic carbocycles. The molecule has 0 radical (unpaired) electrons. The minimum Gasteiger partial charge on any atom is -0.496 e. The van der Waals surface area contributed by atoms with Crippen LogP contribution in [0.1, 0.15) is 16.5 Å². The van der Waals surface area contributed by atoms with E-state index >= 15 is 0 Å². The van der Waals surface area contributed by atoms with Crippen molar-refractivity contribution in [2.75, 3.05) is 7.11 Å². The Morgan fingerprint density at radius 2 is 2.00 bits per heavy atom. The lowest BCUT2D eigenvalue weighted by Crippen LogP contribution is -2.02. The molecule has 5 heteroatoms. The minimum atomic E-state index is -0.867. The van der Waals surface area contributed by atoms with E-state index in [1.165, 1.54) is 19.2 Å². The van der Waals surface area contributed by atoms with Crippen LogP contribution in [0.2, 0.25) is 0 Å². The van der Waals surface area contributed by atoms with Gasteiger partial charge in [0.2, 0.25) is 0 Å². The van der Waals surface area contributed by atoms with E-state index in [1.807, 2.05) is 6.07 Å². The van der Waals surface area contributed by atoms with Gasteiger partial charge in [-0.15, -0.1) is 11.6 Å². The maximum Gasteiger partial charge on any atom is 0.162 e. The van der Waals surface area contributed by atoms with Crippen LogP contribution in [0.5, 0.6) is 5.75 Å². The Kier molecular flexibility index (Phi) is 5.00. The van der Waals surface area contributed by atoms with Crippen LogP contribution >= 0.6 is 27.5 Å². The van der Waals surface area contributed by atoms with E-state index < -0.39 is 17.0 Å². The largest absolute Gasteiger partial charge is 0.496 e. The van der Waals surface area contributed by atoms with Gasteiger partial charge in [0.05, 0.1) is 12.5 Å². The van der Waals surface area contributed by atoms with Gasteiger partial charge in [-0.3, -0.25) is 0 Å². The van der Waals surface area contributed by atoms with E-state index in [4.69, 9.17) is 16.3 Å². The van der Waals surface area contributed by atoms with Crippen molar-refractivity contribution in [3.05, 3.63) is 63.6 Å². The third kappa shape index (κ3) is 3.30. The molecule has 0 aliphatic heterocycles. The molecule has 0 heterocycles. The number of benzene rings is 2. The first-order valence-electron chi connectivity index (χ1n) is 5.93. The number of ether oxygens (including phenoxy) is 1. The third-order valence-corrected chi connectivity index (χ3v) is 3.85. The summed E-state index contributed by atoms with van der Waals surface area (Å²) < 4.78 is 33.0. The Morgan fingerprint density at radius 1 is 1.25 bits per heavy atom. The molecule has 0 spiro atoms. The number of methoxy groups -OCH3 is 1. The first-order valence-corrected chi connectivity index (χ1v) is 7.16. The fourth-order valence-electron chi connectivity index (χ4n) is 1.95. The van der Waals surface area contributed by atoms with Gasteiger partial charge in [0.15, 0.2) is 11.6 Å². The Labute approximate surface area is 129 Å². The molecule has 2 aromatic rings. The molecule has 0 saturated heterocycles. The molecule has 2 rings (SSSR count). The second kappa shape index (κ2) is 6.55. The lowest BCUT2D eigenvalue weighted by molar-refractivity contribution is 0.408. The van der Waals surface area contributed by atoms with Gasteiger partial charge in [0, 0.05) is 10.0 Å². The van der Waals surface area contributed by atoms with Crippen LogP contribution in [0.25, 0.3) is 0 Å². The average Bonchev–Trinajstić information content (AvgIpc) is 2.43. The zero-order valence-electron chi connectivity index (χ0n) is 10.7. The van der Waals surface area contributed by atoms with E-state index in [9.17, 15) is 8.78 Å². The van der Waals surface area contributed by atoms with Crippen LogP contribution in [0.4, 0.5) is 8.78 Å².